The average Bonchev–Trinajstić information content (AvgIpc) is 3.11. The number of thioether (sulfide) groups is 1. The van der Waals surface area contributed by atoms with Crippen LogP contribution in [0.4, 0.5) is 5.69 Å². The SMILES string of the molecule is CCC(C)(C)NC(=O)c1ccc(NC(=O)CSCc2nc3ccccc3s2)cc1. The van der Waals surface area contributed by atoms with E-state index in [4.69, 9.17) is 0 Å². The highest BCUT2D eigenvalue weighted by Crippen LogP contribution is 2.24. The molecule has 2 aromatic carbocycles. The van der Waals surface area contributed by atoms with Gasteiger partial charge in [-0.25, -0.2) is 4.98 Å². The Balaban J connectivity index is 1.47. The zero-order chi connectivity index (χ0) is 20.9. The summed E-state index contributed by atoms with van der Waals surface area (Å²) in [6.07, 6.45) is 0.849. The summed E-state index contributed by atoms with van der Waals surface area (Å²) >= 11 is 3.20. The molecule has 152 valence electrons. The Hall–Kier alpha value is -2.38. The molecule has 0 aliphatic carbocycles. The number of nitrogens with zero attached hydrogens (tertiary/aromatic N) is 1. The smallest absolute Gasteiger partial charge is 0.251 e. The molecule has 0 radical (unpaired) electrons. The molecule has 0 atom stereocenters. The largest absolute Gasteiger partial charge is 0.347 e. The number of fused-ring (bicyclic) bond motifs is 1. The van der Waals surface area contributed by atoms with Crippen molar-refractivity contribution in [1.29, 1.82) is 0 Å². The first kappa shape index (κ1) is 21.3. The van der Waals surface area contributed by atoms with Gasteiger partial charge in [-0.05, 0) is 56.7 Å². The van der Waals surface area contributed by atoms with Gasteiger partial charge in [-0.3, -0.25) is 9.59 Å². The summed E-state index contributed by atoms with van der Waals surface area (Å²) < 4.78 is 1.17. The van der Waals surface area contributed by atoms with E-state index in [0.29, 0.717) is 22.8 Å². The number of carbonyl (C=O) groups excluding carboxylic acids is 2. The van der Waals surface area contributed by atoms with E-state index < -0.39 is 0 Å². The van der Waals surface area contributed by atoms with Gasteiger partial charge in [0.25, 0.3) is 5.91 Å². The minimum atomic E-state index is -0.246. The van der Waals surface area contributed by atoms with E-state index >= 15 is 0 Å². The fraction of sp³-hybridized carbons (Fsp3) is 0.318. The number of thiazole rings is 1. The minimum absolute atomic E-state index is 0.0690. The molecule has 2 N–H and O–H groups in total. The second-order valence-electron chi connectivity index (χ2n) is 7.39. The fourth-order valence-electron chi connectivity index (χ4n) is 2.58. The summed E-state index contributed by atoms with van der Waals surface area (Å²) in [5, 5.41) is 6.90. The summed E-state index contributed by atoms with van der Waals surface area (Å²) in [5.74, 6) is 0.878. The summed E-state index contributed by atoms with van der Waals surface area (Å²) in [7, 11) is 0. The third-order valence-electron chi connectivity index (χ3n) is 4.56. The van der Waals surface area contributed by atoms with E-state index in [1.807, 2.05) is 39.0 Å². The number of para-hydroxylation sites is 1. The van der Waals surface area contributed by atoms with Crippen LogP contribution in [0.1, 0.15) is 42.6 Å². The van der Waals surface area contributed by atoms with Crippen LogP contribution in [0.5, 0.6) is 0 Å². The topological polar surface area (TPSA) is 71.1 Å². The van der Waals surface area contributed by atoms with Gasteiger partial charge in [-0.2, -0.15) is 0 Å². The predicted octanol–water partition coefficient (Wildman–Crippen LogP) is 5.09. The average molecular weight is 428 g/mol. The number of hydrogen-bond donors (Lipinski definition) is 2. The number of amides is 2. The molecule has 0 fully saturated rings. The van der Waals surface area contributed by atoms with Crippen molar-refractivity contribution in [2.75, 3.05) is 11.1 Å². The number of benzene rings is 2. The third kappa shape index (κ3) is 6.05. The Labute approximate surface area is 179 Å². The lowest BCUT2D eigenvalue weighted by Gasteiger charge is -2.24. The molecule has 3 rings (SSSR count). The zero-order valence-corrected chi connectivity index (χ0v) is 18.5. The van der Waals surface area contributed by atoms with Gasteiger partial charge in [-0.15, -0.1) is 23.1 Å². The van der Waals surface area contributed by atoms with Crippen LogP contribution in [0.15, 0.2) is 48.5 Å². The van der Waals surface area contributed by atoms with E-state index in [-0.39, 0.29) is 17.4 Å². The Kier molecular flexibility index (Phi) is 6.92. The van der Waals surface area contributed by atoms with Crippen molar-refractivity contribution in [1.82, 2.24) is 10.3 Å². The third-order valence-corrected chi connectivity index (χ3v) is 6.73. The van der Waals surface area contributed by atoms with Gasteiger partial charge in [0, 0.05) is 22.5 Å². The second kappa shape index (κ2) is 9.41. The quantitative estimate of drug-likeness (QED) is 0.525. The Bertz CT molecular complexity index is 964. The molecule has 0 aliphatic rings. The molecular formula is C22H25N3O2S2. The summed E-state index contributed by atoms with van der Waals surface area (Å²) in [4.78, 5) is 29.1. The number of nitrogens with one attached hydrogen (secondary N) is 2. The lowest BCUT2D eigenvalue weighted by atomic mass is 10.0. The van der Waals surface area contributed by atoms with E-state index in [1.54, 1.807) is 35.6 Å². The summed E-state index contributed by atoms with van der Waals surface area (Å²) in [5.41, 5.74) is 2.02. The number of anilines is 1. The molecule has 0 spiro atoms. The van der Waals surface area contributed by atoms with Crippen LogP contribution in [0.25, 0.3) is 10.2 Å². The van der Waals surface area contributed by atoms with Gasteiger partial charge in [0.15, 0.2) is 0 Å². The molecule has 0 unspecified atom stereocenters. The zero-order valence-electron chi connectivity index (χ0n) is 16.8. The van der Waals surface area contributed by atoms with Crippen molar-refractivity contribution in [3.05, 3.63) is 59.1 Å². The summed E-state index contributed by atoms with van der Waals surface area (Å²) in [6, 6.07) is 15.0. The van der Waals surface area contributed by atoms with Crippen LogP contribution in [0.2, 0.25) is 0 Å². The first-order valence-electron chi connectivity index (χ1n) is 9.51. The molecule has 0 saturated heterocycles. The molecule has 1 aromatic heterocycles. The number of rotatable bonds is 8. The Morgan fingerprint density at radius 2 is 1.83 bits per heavy atom. The van der Waals surface area contributed by atoms with Crippen molar-refractivity contribution < 1.29 is 9.59 Å². The molecule has 29 heavy (non-hydrogen) atoms. The normalized spacial score (nSPS) is 11.4. The van der Waals surface area contributed by atoms with Crippen LogP contribution in [0, 0.1) is 0 Å². The molecule has 1 heterocycles. The minimum Gasteiger partial charge on any atom is -0.347 e. The Morgan fingerprint density at radius 3 is 2.52 bits per heavy atom. The molecule has 0 bridgehead atoms. The monoisotopic (exact) mass is 427 g/mol. The number of hydrogen-bond acceptors (Lipinski definition) is 5. The van der Waals surface area contributed by atoms with Crippen LogP contribution >= 0.6 is 23.1 Å². The van der Waals surface area contributed by atoms with Gasteiger partial charge < -0.3 is 10.6 Å². The van der Waals surface area contributed by atoms with Gasteiger partial charge in [0.05, 0.1) is 16.0 Å². The van der Waals surface area contributed by atoms with Crippen molar-refractivity contribution in [3.63, 3.8) is 0 Å². The maximum atomic E-state index is 12.3. The number of carbonyl (C=O) groups is 2. The molecule has 2 amide bonds. The van der Waals surface area contributed by atoms with Crippen molar-refractivity contribution in [2.45, 2.75) is 38.5 Å². The number of aromatic nitrogens is 1. The standard InChI is InChI=1S/C22H25N3O2S2/c1-4-22(2,3)25-21(27)15-9-11-16(12-10-15)23-19(26)13-28-14-20-24-17-7-5-6-8-18(17)29-20/h5-12H,4,13-14H2,1-3H3,(H,23,26)(H,25,27). The van der Waals surface area contributed by atoms with Crippen molar-refractivity contribution >= 4 is 50.8 Å². The van der Waals surface area contributed by atoms with Crippen molar-refractivity contribution in [3.8, 4) is 0 Å². The van der Waals surface area contributed by atoms with E-state index in [2.05, 4.69) is 21.7 Å². The van der Waals surface area contributed by atoms with Crippen LogP contribution < -0.4 is 10.6 Å². The van der Waals surface area contributed by atoms with E-state index in [1.165, 1.54) is 16.5 Å². The first-order chi connectivity index (χ1) is 13.9. The van der Waals surface area contributed by atoms with Crippen molar-refractivity contribution in [2.24, 2.45) is 0 Å². The predicted molar refractivity (Wildman–Crippen MR) is 123 cm³/mol. The van der Waals surface area contributed by atoms with Crippen LogP contribution in [-0.2, 0) is 10.5 Å². The molecule has 3 aromatic rings. The van der Waals surface area contributed by atoms with Gasteiger partial charge in [-0.1, -0.05) is 19.1 Å². The fourth-order valence-corrected chi connectivity index (χ4v) is 4.43. The molecule has 5 nitrogen and oxygen atoms in total. The Morgan fingerprint density at radius 1 is 1.10 bits per heavy atom. The van der Waals surface area contributed by atoms with Gasteiger partial charge in [0.1, 0.15) is 5.01 Å². The second-order valence-corrected chi connectivity index (χ2v) is 9.49. The maximum absolute atomic E-state index is 12.3. The van der Waals surface area contributed by atoms with E-state index in [9.17, 15) is 9.59 Å². The lowest BCUT2D eigenvalue weighted by molar-refractivity contribution is -0.113. The molecule has 0 aliphatic heterocycles. The van der Waals surface area contributed by atoms with Gasteiger partial charge >= 0.3 is 0 Å². The highest BCUT2D eigenvalue weighted by atomic mass is 32.2. The first-order valence-corrected chi connectivity index (χ1v) is 11.5. The molecule has 7 heteroatoms. The maximum Gasteiger partial charge on any atom is 0.251 e. The highest BCUT2D eigenvalue weighted by molar-refractivity contribution is 7.99. The van der Waals surface area contributed by atoms with Crippen LogP contribution in [0.3, 0.4) is 0 Å². The highest BCUT2D eigenvalue weighted by Gasteiger charge is 2.18. The van der Waals surface area contributed by atoms with Crippen LogP contribution in [-0.4, -0.2) is 28.1 Å². The summed E-state index contributed by atoms with van der Waals surface area (Å²) in [6.45, 7) is 6.02. The van der Waals surface area contributed by atoms with Gasteiger partial charge in [0.2, 0.25) is 5.91 Å². The lowest BCUT2D eigenvalue weighted by Crippen LogP contribution is -2.42. The molecule has 0 saturated carbocycles. The molecular weight excluding hydrogens is 402 g/mol. The van der Waals surface area contributed by atoms with E-state index in [0.717, 1.165) is 16.9 Å².